The van der Waals surface area contributed by atoms with Gasteiger partial charge in [-0.3, -0.25) is 9.52 Å². The molecule has 0 saturated carbocycles. The molecule has 1 aromatic heterocycles. The van der Waals surface area contributed by atoms with Crippen LogP contribution in [0.1, 0.15) is 24.6 Å². The summed E-state index contributed by atoms with van der Waals surface area (Å²) in [6.45, 7) is 3.64. The minimum Gasteiger partial charge on any atom is -0.312 e. The predicted molar refractivity (Wildman–Crippen MR) is 82.6 cm³/mol. The minimum atomic E-state index is -3.84. The molecule has 2 aromatic rings. The van der Waals surface area contributed by atoms with Crippen LogP contribution in [0.4, 0.5) is 11.5 Å². The van der Waals surface area contributed by atoms with E-state index in [2.05, 4.69) is 19.7 Å². The predicted octanol–water partition coefficient (Wildman–Crippen LogP) is 1.48. The largest absolute Gasteiger partial charge is 0.312 e. The molecule has 1 N–H and O–H groups in total. The zero-order chi connectivity index (χ0) is 16.6. The minimum absolute atomic E-state index is 0.0474. The molecule has 0 atom stereocenters. The fourth-order valence-corrected chi connectivity index (χ4v) is 3.63. The van der Waals surface area contributed by atoms with Gasteiger partial charge in [-0.05, 0) is 42.6 Å². The lowest BCUT2D eigenvalue weighted by atomic mass is 10.0. The van der Waals surface area contributed by atoms with Gasteiger partial charge in [-0.1, -0.05) is 11.2 Å². The molecule has 3 rings (SSSR count). The topological polar surface area (TPSA) is 105 Å². The molecule has 0 saturated heterocycles. The van der Waals surface area contributed by atoms with Crippen LogP contribution in [0.25, 0.3) is 0 Å². The van der Waals surface area contributed by atoms with E-state index in [0.29, 0.717) is 17.9 Å². The van der Waals surface area contributed by atoms with Crippen molar-refractivity contribution in [1.82, 2.24) is 10.3 Å². The Bertz CT molecular complexity index is 859. The lowest BCUT2D eigenvalue weighted by Gasteiger charge is -2.29. The van der Waals surface area contributed by atoms with Crippen molar-refractivity contribution in [3.05, 3.63) is 29.5 Å². The fraction of sp³-hybridized carbons (Fsp3) is 0.357. The second-order valence-electron chi connectivity index (χ2n) is 5.37. The molecule has 0 bridgehead atoms. The van der Waals surface area contributed by atoms with Gasteiger partial charge in [-0.25, -0.2) is 13.0 Å². The third kappa shape index (κ3) is 2.91. The fourth-order valence-electron chi connectivity index (χ4n) is 2.56. The summed E-state index contributed by atoms with van der Waals surface area (Å²) in [6, 6.07) is 4.78. The van der Waals surface area contributed by atoms with Gasteiger partial charge in [-0.15, -0.1) is 0 Å². The van der Waals surface area contributed by atoms with Gasteiger partial charge in [0.2, 0.25) is 11.7 Å². The highest BCUT2D eigenvalue weighted by Crippen LogP contribution is 2.30. The normalized spacial score (nSPS) is 14.4. The first-order valence-corrected chi connectivity index (χ1v) is 8.60. The van der Waals surface area contributed by atoms with Crippen LogP contribution in [-0.4, -0.2) is 31.2 Å². The van der Waals surface area contributed by atoms with Gasteiger partial charge in [0.25, 0.3) is 10.0 Å². The van der Waals surface area contributed by atoms with Crippen LogP contribution in [-0.2, 0) is 21.2 Å². The molecule has 0 unspecified atom stereocenters. The number of amides is 1. The molecule has 1 amide bonds. The van der Waals surface area contributed by atoms with Gasteiger partial charge in [0, 0.05) is 19.2 Å². The molecule has 0 radical (unpaired) electrons. The quantitative estimate of drug-likeness (QED) is 0.910. The highest BCUT2D eigenvalue weighted by molar-refractivity contribution is 7.92. The van der Waals surface area contributed by atoms with Crippen LogP contribution in [0.2, 0.25) is 0 Å². The Labute approximate surface area is 133 Å². The number of aromatic nitrogens is 2. The van der Waals surface area contributed by atoms with Crippen molar-refractivity contribution in [2.75, 3.05) is 16.2 Å². The van der Waals surface area contributed by atoms with Crippen molar-refractivity contribution >= 4 is 27.4 Å². The van der Waals surface area contributed by atoms with Crippen molar-refractivity contribution in [3.63, 3.8) is 0 Å². The van der Waals surface area contributed by atoms with Crippen molar-refractivity contribution < 1.29 is 17.8 Å². The molecule has 23 heavy (non-hydrogen) atoms. The standard InChI is InChI=1S/C14H16N4O4S/c1-9-14(16-22-15-9)17-23(20,21)12-6-5-11-4-3-7-18(10(2)19)13(11)8-12/h5-6,8H,3-4,7H2,1-2H3,(H,16,17). The summed E-state index contributed by atoms with van der Waals surface area (Å²) >= 11 is 0. The Hall–Kier alpha value is -2.42. The summed E-state index contributed by atoms with van der Waals surface area (Å²) in [7, 11) is -3.84. The van der Waals surface area contributed by atoms with Gasteiger partial charge in [0.15, 0.2) is 0 Å². The summed E-state index contributed by atoms with van der Waals surface area (Å²) in [5.41, 5.74) is 1.95. The van der Waals surface area contributed by atoms with Crippen LogP contribution in [0.15, 0.2) is 27.7 Å². The van der Waals surface area contributed by atoms with Gasteiger partial charge in [0.1, 0.15) is 5.69 Å². The number of hydrogen-bond donors (Lipinski definition) is 1. The SMILES string of the molecule is CC(=O)N1CCCc2ccc(S(=O)(=O)Nc3nonc3C)cc21. The molecule has 1 aliphatic rings. The summed E-state index contributed by atoms with van der Waals surface area (Å²) in [4.78, 5) is 13.4. The molecule has 1 aliphatic heterocycles. The number of sulfonamides is 1. The van der Waals surface area contributed by atoms with E-state index in [1.807, 2.05) is 0 Å². The summed E-state index contributed by atoms with van der Waals surface area (Å²) in [6.07, 6.45) is 1.68. The van der Waals surface area contributed by atoms with Crippen LogP contribution in [0.3, 0.4) is 0 Å². The molecule has 0 spiro atoms. The third-order valence-electron chi connectivity index (χ3n) is 3.75. The lowest BCUT2D eigenvalue weighted by molar-refractivity contribution is -0.116. The number of benzene rings is 1. The highest BCUT2D eigenvalue weighted by Gasteiger charge is 2.24. The van der Waals surface area contributed by atoms with E-state index in [4.69, 9.17) is 0 Å². The maximum absolute atomic E-state index is 12.5. The first kappa shape index (κ1) is 15.5. The van der Waals surface area contributed by atoms with Crippen LogP contribution >= 0.6 is 0 Å². The van der Waals surface area contributed by atoms with E-state index in [1.165, 1.54) is 19.1 Å². The number of carbonyl (C=O) groups excluding carboxylic acids is 1. The smallest absolute Gasteiger partial charge is 0.263 e. The van der Waals surface area contributed by atoms with E-state index >= 15 is 0 Å². The Kier molecular flexibility index (Phi) is 3.80. The monoisotopic (exact) mass is 336 g/mol. The Balaban J connectivity index is 1.99. The number of nitrogens with zero attached hydrogens (tertiary/aromatic N) is 3. The number of hydrogen-bond acceptors (Lipinski definition) is 6. The van der Waals surface area contributed by atoms with Crippen molar-refractivity contribution in [2.45, 2.75) is 31.6 Å². The van der Waals surface area contributed by atoms with Crippen LogP contribution in [0, 0.1) is 6.92 Å². The molecule has 9 heteroatoms. The maximum Gasteiger partial charge on any atom is 0.263 e. The highest BCUT2D eigenvalue weighted by atomic mass is 32.2. The molecule has 0 fully saturated rings. The first-order chi connectivity index (χ1) is 10.9. The van der Waals surface area contributed by atoms with Crippen LogP contribution in [0.5, 0.6) is 0 Å². The van der Waals surface area contributed by atoms with E-state index in [0.717, 1.165) is 18.4 Å². The zero-order valence-corrected chi connectivity index (χ0v) is 13.6. The van der Waals surface area contributed by atoms with Gasteiger partial charge < -0.3 is 4.90 Å². The number of aryl methyl sites for hydroxylation is 2. The number of fused-ring (bicyclic) bond motifs is 1. The molecule has 122 valence electrons. The average molecular weight is 336 g/mol. The Morgan fingerprint density at radius 2 is 2.13 bits per heavy atom. The first-order valence-electron chi connectivity index (χ1n) is 7.11. The second-order valence-corrected chi connectivity index (χ2v) is 7.05. The number of rotatable bonds is 3. The van der Waals surface area contributed by atoms with Crippen molar-refractivity contribution in [1.29, 1.82) is 0 Å². The second kappa shape index (κ2) is 5.65. The molecule has 0 aliphatic carbocycles. The van der Waals surface area contributed by atoms with Gasteiger partial charge in [-0.2, -0.15) is 0 Å². The number of carbonyl (C=O) groups is 1. The molecule has 1 aromatic carbocycles. The van der Waals surface area contributed by atoms with E-state index < -0.39 is 10.0 Å². The number of nitrogens with one attached hydrogen (secondary N) is 1. The van der Waals surface area contributed by atoms with Crippen LogP contribution < -0.4 is 9.62 Å². The summed E-state index contributed by atoms with van der Waals surface area (Å²) < 4.78 is 31.8. The van der Waals surface area contributed by atoms with Gasteiger partial charge >= 0.3 is 0 Å². The molecule has 2 heterocycles. The molecular weight excluding hydrogens is 320 g/mol. The molecular formula is C14H16N4O4S. The summed E-state index contributed by atoms with van der Waals surface area (Å²) in [5, 5.41) is 7.05. The lowest BCUT2D eigenvalue weighted by Crippen LogP contribution is -2.33. The third-order valence-corrected chi connectivity index (χ3v) is 5.09. The Morgan fingerprint density at radius 3 is 2.78 bits per heavy atom. The van der Waals surface area contributed by atoms with E-state index in [1.54, 1.807) is 17.9 Å². The maximum atomic E-state index is 12.5. The van der Waals surface area contributed by atoms with Crippen molar-refractivity contribution in [3.8, 4) is 0 Å². The average Bonchev–Trinajstić information content (AvgIpc) is 2.90. The van der Waals surface area contributed by atoms with Gasteiger partial charge in [0.05, 0.1) is 4.90 Å². The zero-order valence-electron chi connectivity index (χ0n) is 12.7. The summed E-state index contributed by atoms with van der Waals surface area (Å²) in [5.74, 6) is -0.0591. The molecule has 8 nitrogen and oxygen atoms in total. The van der Waals surface area contributed by atoms with E-state index in [9.17, 15) is 13.2 Å². The Morgan fingerprint density at radius 1 is 1.35 bits per heavy atom. The van der Waals surface area contributed by atoms with E-state index in [-0.39, 0.29) is 16.6 Å². The number of anilines is 2. The van der Waals surface area contributed by atoms with Crippen molar-refractivity contribution in [2.24, 2.45) is 0 Å².